The Bertz CT molecular complexity index is 742. The van der Waals surface area contributed by atoms with E-state index in [1.807, 2.05) is 0 Å². The maximum absolute atomic E-state index is 4.78. The molecule has 0 aliphatic heterocycles. The van der Waals surface area contributed by atoms with Crippen LogP contribution in [0, 0.1) is 0 Å². The third-order valence-electron chi connectivity index (χ3n) is 5.13. The van der Waals surface area contributed by atoms with E-state index in [9.17, 15) is 0 Å². The van der Waals surface area contributed by atoms with Crippen LogP contribution in [0.25, 0.3) is 0 Å². The van der Waals surface area contributed by atoms with Gasteiger partial charge >= 0.3 is 0 Å². The fourth-order valence-corrected chi connectivity index (χ4v) is 3.55. The molecular weight excluding hydrogens is 463 g/mol. The van der Waals surface area contributed by atoms with Crippen LogP contribution in [-0.4, -0.2) is 39.9 Å². The molecule has 0 fully saturated rings. The normalized spacial score (nSPS) is 16.2. The summed E-state index contributed by atoms with van der Waals surface area (Å²) in [4.78, 5) is 4.78. The average molecular weight is 496 g/mol. The number of benzene rings is 1. The molecule has 1 aromatic heterocycles. The zero-order valence-corrected chi connectivity index (χ0v) is 19.4. The molecule has 1 aliphatic rings. The Balaban J connectivity index is 0.00000280. The topological polar surface area (TPSA) is 67.1 Å². The highest BCUT2D eigenvalue weighted by atomic mass is 127. The Labute approximate surface area is 185 Å². The highest BCUT2D eigenvalue weighted by molar-refractivity contribution is 14.0. The lowest BCUT2D eigenvalue weighted by Gasteiger charge is -2.27. The largest absolute Gasteiger partial charge is 0.355 e. The number of guanidine groups is 1. The van der Waals surface area contributed by atoms with E-state index in [0.717, 1.165) is 69.9 Å². The van der Waals surface area contributed by atoms with E-state index in [1.54, 1.807) is 6.33 Å². The van der Waals surface area contributed by atoms with E-state index in [-0.39, 0.29) is 24.0 Å². The third-order valence-corrected chi connectivity index (χ3v) is 5.13. The molecule has 2 aromatic rings. The van der Waals surface area contributed by atoms with Crippen molar-refractivity contribution in [2.75, 3.05) is 13.1 Å². The first-order valence-electron chi connectivity index (χ1n) is 10.3. The molecule has 2 N–H and O–H groups in total. The number of nitrogens with zero attached hydrogens (tertiary/aromatic N) is 4. The van der Waals surface area contributed by atoms with Crippen LogP contribution in [0.1, 0.15) is 50.1 Å². The van der Waals surface area contributed by atoms with Gasteiger partial charge in [-0.2, -0.15) is 0 Å². The fourth-order valence-electron chi connectivity index (χ4n) is 3.55. The lowest BCUT2D eigenvalue weighted by Crippen LogP contribution is -2.46. The molecule has 6 nitrogen and oxygen atoms in total. The van der Waals surface area contributed by atoms with Crippen molar-refractivity contribution < 1.29 is 0 Å². The molecular formula is C21H33IN6. The Morgan fingerprint density at radius 1 is 1.25 bits per heavy atom. The average Bonchev–Trinajstić information content (AvgIpc) is 3.15. The first-order valence-corrected chi connectivity index (χ1v) is 10.3. The minimum atomic E-state index is 0. The number of nitrogens with one attached hydrogen (secondary N) is 2. The molecule has 0 saturated heterocycles. The van der Waals surface area contributed by atoms with Crippen LogP contribution in [0.5, 0.6) is 0 Å². The Morgan fingerprint density at radius 2 is 2.07 bits per heavy atom. The maximum Gasteiger partial charge on any atom is 0.191 e. The third kappa shape index (κ3) is 6.46. The van der Waals surface area contributed by atoms with Crippen LogP contribution in [0.2, 0.25) is 0 Å². The van der Waals surface area contributed by atoms with E-state index in [1.165, 1.54) is 11.1 Å². The molecule has 7 heteroatoms. The van der Waals surface area contributed by atoms with Gasteiger partial charge in [0.05, 0.1) is 0 Å². The SMILES string of the molecule is CCCCN=C(NCCn1cnnc1CC)NC1CCc2ccccc2C1.I. The van der Waals surface area contributed by atoms with Gasteiger partial charge in [-0.25, -0.2) is 0 Å². The quantitative estimate of drug-likeness (QED) is 0.255. The number of aryl methyl sites for hydroxylation is 2. The summed E-state index contributed by atoms with van der Waals surface area (Å²) in [5.41, 5.74) is 2.96. The van der Waals surface area contributed by atoms with Crippen LogP contribution in [0.15, 0.2) is 35.6 Å². The lowest BCUT2D eigenvalue weighted by molar-refractivity contribution is 0.517. The maximum atomic E-state index is 4.78. The molecule has 3 rings (SSSR count). The van der Waals surface area contributed by atoms with Gasteiger partial charge in [0.15, 0.2) is 5.96 Å². The predicted octanol–water partition coefficient (Wildman–Crippen LogP) is 3.35. The molecule has 0 spiro atoms. The van der Waals surface area contributed by atoms with Crippen LogP contribution in [0.3, 0.4) is 0 Å². The van der Waals surface area contributed by atoms with Crippen LogP contribution < -0.4 is 10.6 Å². The van der Waals surface area contributed by atoms with Gasteiger partial charge in [0.2, 0.25) is 0 Å². The molecule has 0 bridgehead atoms. The highest BCUT2D eigenvalue weighted by Gasteiger charge is 2.19. The fraction of sp³-hybridized carbons (Fsp3) is 0.571. The highest BCUT2D eigenvalue weighted by Crippen LogP contribution is 2.20. The molecule has 1 atom stereocenters. The molecule has 0 amide bonds. The number of unbranched alkanes of at least 4 members (excludes halogenated alkanes) is 1. The summed E-state index contributed by atoms with van der Waals surface area (Å²) in [6, 6.07) is 9.23. The molecule has 1 heterocycles. The monoisotopic (exact) mass is 496 g/mol. The molecule has 0 saturated carbocycles. The summed E-state index contributed by atoms with van der Waals surface area (Å²) < 4.78 is 2.10. The molecule has 154 valence electrons. The predicted molar refractivity (Wildman–Crippen MR) is 125 cm³/mol. The summed E-state index contributed by atoms with van der Waals surface area (Å²) >= 11 is 0. The van der Waals surface area contributed by atoms with Crippen LogP contribution in [0.4, 0.5) is 0 Å². The first-order chi connectivity index (χ1) is 13.3. The standard InChI is InChI=1S/C21H32N6.HI/c1-3-5-12-22-21(23-13-14-27-16-24-26-20(27)4-2)25-19-11-10-17-8-6-7-9-18(17)15-19;/h6-9,16,19H,3-5,10-15H2,1-2H3,(H2,22,23,25);1H. The van der Waals surface area contributed by atoms with Gasteiger partial charge in [-0.3, -0.25) is 4.99 Å². The lowest BCUT2D eigenvalue weighted by atomic mass is 9.88. The molecule has 28 heavy (non-hydrogen) atoms. The summed E-state index contributed by atoms with van der Waals surface area (Å²) in [6.07, 6.45) is 8.33. The zero-order chi connectivity index (χ0) is 18.9. The van der Waals surface area contributed by atoms with Gasteiger partial charge in [-0.1, -0.05) is 44.5 Å². The summed E-state index contributed by atoms with van der Waals surface area (Å²) in [5.74, 6) is 1.96. The van der Waals surface area contributed by atoms with Crippen molar-refractivity contribution >= 4 is 29.9 Å². The van der Waals surface area contributed by atoms with Crippen molar-refractivity contribution in [2.24, 2.45) is 4.99 Å². The second-order valence-corrected chi connectivity index (χ2v) is 7.16. The Kier molecular flexibility index (Phi) is 9.73. The molecule has 1 aliphatic carbocycles. The van der Waals surface area contributed by atoms with Crippen molar-refractivity contribution in [3.05, 3.63) is 47.5 Å². The van der Waals surface area contributed by atoms with Gasteiger partial charge in [-0.15, -0.1) is 34.2 Å². The van der Waals surface area contributed by atoms with E-state index in [0.29, 0.717) is 6.04 Å². The summed E-state index contributed by atoms with van der Waals surface area (Å²) in [7, 11) is 0. The van der Waals surface area contributed by atoms with Gasteiger partial charge in [0.25, 0.3) is 0 Å². The summed E-state index contributed by atoms with van der Waals surface area (Å²) in [6.45, 7) is 6.83. The minimum absolute atomic E-state index is 0. The van der Waals surface area contributed by atoms with E-state index in [4.69, 9.17) is 4.99 Å². The van der Waals surface area contributed by atoms with E-state index in [2.05, 4.69) is 63.5 Å². The molecule has 0 radical (unpaired) electrons. The van der Waals surface area contributed by atoms with Crippen molar-refractivity contribution in [1.29, 1.82) is 0 Å². The molecule has 1 aromatic carbocycles. The van der Waals surface area contributed by atoms with Crippen molar-refractivity contribution in [1.82, 2.24) is 25.4 Å². The first kappa shape index (κ1) is 22.6. The number of aromatic nitrogens is 3. The Morgan fingerprint density at radius 3 is 2.86 bits per heavy atom. The van der Waals surface area contributed by atoms with Crippen molar-refractivity contribution in [2.45, 2.75) is 65.0 Å². The molecule has 1 unspecified atom stereocenters. The number of hydrogen-bond acceptors (Lipinski definition) is 3. The van der Waals surface area contributed by atoms with Crippen molar-refractivity contribution in [3.63, 3.8) is 0 Å². The van der Waals surface area contributed by atoms with Gasteiger partial charge < -0.3 is 15.2 Å². The second kappa shape index (κ2) is 12.0. The number of aliphatic imine (C=N–C) groups is 1. The number of fused-ring (bicyclic) bond motifs is 1. The van der Waals surface area contributed by atoms with Gasteiger partial charge in [-0.05, 0) is 36.8 Å². The van der Waals surface area contributed by atoms with E-state index >= 15 is 0 Å². The number of rotatable bonds is 8. The second-order valence-electron chi connectivity index (χ2n) is 7.16. The van der Waals surface area contributed by atoms with Gasteiger partial charge in [0, 0.05) is 32.1 Å². The van der Waals surface area contributed by atoms with Gasteiger partial charge in [0.1, 0.15) is 12.2 Å². The summed E-state index contributed by atoms with van der Waals surface area (Å²) in [5, 5.41) is 15.3. The van der Waals surface area contributed by atoms with E-state index < -0.39 is 0 Å². The van der Waals surface area contributed by atoms with Crippen molar-refractivity contribution in [3.8, 4) is 0 Å². The van der Waals surface area contributed by atoms with Crippen LogP contribution >= 0.6 is 24.0 Å². The number of halogens is 1. The number of hydrogen-bond donors (Lipinski definition) is 2. The Hall–Kier alpha value is -1.64. The van der Waals surface area contributed by atoms with Crippen LogP contribution in [-0.2, 0) is 25.8 Å². The minimum Gasteiger partial charge on any atom is -0.355 e. The smallest absolute Gasteiger partial charge is 0.191 e. The zero-order valence-electron chi connectivity index (χ0n) is 17.0.